The molecule has 0 spiro atoms. The first-order chi connectivity index (χ1) is 16.1. The Kier molecular flexibility index (Phi) is 5.65. The van der Waals surface area contributed by atoms with Crippen LogP contribution >= 0.6 is 11.6 Å². The van der Waals surface area contributed by atoms with Gasteiger partial charge in [0.15, 0.2) is 5.43 Å². The summed E-state index contributed by atoms with van der Waals surface area (Å²) in [6, 6.07) is 21.8. The third-order valence-corrected chi connectivity index (χ3v) is 6.13. The zero-order chi connectivity index (χ0) is 22.9. The minimum atomic E-state index is -0.573. The number of nitrogens with zero attached hydrogens (tertiary/aromatic N) is 1. The maximum absolute atomic E-state index is 13.6. The van der Waals surface area contributed by atoms with Crippen molar-refractivity contribution in [3.63, 3.8) is 0 Å². The van der Waals surface area contributed by atoms with Crippen molar-refractivity contribution in [1.82, 2.24) is 4.90 Å². The highest BCUT2D eigenvalue weighted by Gasteiger charge is 2.42. The van der Waals surface area contributed by atoms with Crippen LogP contribution in [0.3, 0.4) is 0 Å². The van der Waals surface area contributed by atoms with Crippen LogP contribution in [-0.2, 0) is 6.42 Å². The summed E-state index contributed by atoms with van der Waals surface area (Å²) in [5.41, 5.74) is 2.37. The number of fused-ring (bicyclic) bond motifs is 2. The predicted molar refractivity (Wildman–Crippen MR) is 128 cm³/mol. The van der Waals surface area contributed by atoms with Crippen molar-refractivity contribution in [3.05, 3.63) is 110 Å². The molecular formula is C27H22ClNO4. The number of carbonyl (C=O) groups excluding carboxylic acids is 1. The summed E-state index contributed by atoms with van der Waals surface area (Å²) in [5.74, 6) is 0.489. The Morgan fingerprint density at radius 2 is 1.82 bits per heavy atom. The quantitative estimate of drug-likeness (QED) is 0.374. The molecule has 1 unspecified atom stereocenters. The van der Waals surface area contributed by atoms with E-state index in [2.05, 4.69) is 0 Å². The highest BCUT2D eigenvalue weighted by Crippen LogP contribution is 2.39. The summed E-state index contributed by atoms with van der Waals surface area (Å²) in [6.45, 7) is 2.87. The van der Waals surface area contributed by atoms with E-state index < -0.39 is 6.04 Å². The van der Waals surface area contributed by atoms with Gasteiger partial charge < -0.3 is 14.1 Å². The third-order valence-electron chi connectivity index (χ3n) is 5.90. The third kappa shape index (κ3) is 3.89. The first-order valence-electron chi connectivity index (χ1n) is 10.9. The lowest BCUT2D eigenvalue weighted by atomic mass is 9.98. The van der Waals surface area contributed by atoms with Gasteiger partial charge in [0.2, 0.25) is 5.76 Å². The molecule has 1 atom stereocenters. The van der Waals surface area contributed by atoms with Crippen LogP contribution in [0.1, 0.15) is 40.2 Å². The zero-order valence-electron chi connectivity index (χ0n) is 18.1. The summed E-state index contributed by atoms with van der Waals surface area (Å²) >= 11 is 6.15. The maximum atomic E-state index is 13.6. The monoisotopic (exact) mass is 459 g/mol. The van der Waals surface area contributed by atoms with Gasteiger partial charge in [-0.15, -0.1) is 0 Å². The van der Waals surface area contributed by atoms with Crippen molar-refractivity contribution in [1.29, 1.82) is 0 Å². The van der Waals surface area contributed by atoms with Crippen molar-refractivity contribution in [2.24, 2.45) is 0 Å². The highest BCUT2D eigenvalue weighted by molar-refractivity contribution is 6.31. The Labute approximate surface area is 196 Å². The molecule has 5 rings (SSSR count). The summed E-state index contributed by atoms with van der Waals surface area (Å²) in [4.78, 5) is 28.8. The fourth-order valence-electron chi connectivity index (χ4n) is 4.41. The van der Waals surface area contributed by atoms with Crippen molar-refractivity contribution < 1.29 is 13.9 Å². The van der Waals surface area contributed by atoms with Crippen LogP contribution < -0.4 is 10.2 Å². The molecule has 3 aromatic carbocycles. The van der Waals surface area contributed by atoms with Crippen LogP contribution in [0.5, 0.6) is 5.75 Å². The van der Waals surface area contributed by atoms with Gasteiger partial charge in [-0.3, -0.25) is 9.59 Å². The zero-order valence-corrected chi connectivity index (χ0v) is 18.8. The van der Waals surface area contributed by atoms with Gasteiger partial charge in [-0.1, -0.05) is 54.1 Å². The van der Waals surface area contributed by atoms with Crippen LogP contribution in [-0.4, -0.2) is 24.0 Å². The fraction of sp³-hybridized carbons (Fsp3) is 0.185. The molecule has 2 heterocycles. The van der Waals surface area contributed by atoms with E-state index in [4.69, 9.17) is 20.8 Å². The largest absolute Gasteiger partial charge is 0.494 e. The molecule has 0 aliphatic carbocycles. The van der Waals surface area contributed by atoms with Gasteiger partial charge >= 0.3 is 0 Å². The average molecular weight is 460 g/mol. The molecule has 5 nitrogen and oxygen atoms in total. The molecule has 166 valence electrons. The number of rotatable bonds is 6. The summed E-state index contributed by atoms with van der Waals surface area (Å²) < 4.78 is 11.7. The lowest BCUT2D eigenvalue weighted by Crippen LogP contribution is -2.31. The van der Waals surface area contributed by atoms with E-state index in [0.29, 0.717) is 46.9 Å². The van der Waals surface area contributed by atoms with Gasteiger partial charge in [-0.05, 0) is 54.8 Å². The van der Waals surface area contributed by atoms with E-state index in [0.717, 1.165) is 11.1 Å². The Balaban J connectivity index is 1.65. The van der Waals surface area contributed by atoms with Gasteiger partial charge in [0.25, 0.3) is 5.91 Å². The van der Waals surface area contributed by atoms with Crippen LogP contribution in [0, 0.1) is 0 Å². The van der Waals surface area contributed by atoms with E-state index in [-0.39, 0.29) is 17.1 Å². The van der Waals surface area contributed by atoms with Crippen LogP contribution in [0.15, 0.2) is 82.0 Å². The molecule has 1 amide bonds. The molecule has 0 saturated heterocycles. The molecule has 0 bridgehead atoms. The molecule has 1 aromatic heterocycles. The van der Waals surface area contributed by atoms with Gasteiger partial charge in [0.1, 0.15) is 11.3 Å². The topological polar surface area (TPSA) is 59.8 Å². The lowest BCUT2D eigenvalue weighted by molar-refractivity contribution is 0.0730. The average Bonchev–Trinajstić information content (AvgIpc) is 3.11. The Bertz CT molecular complexity index is 1400. The molecule has 6 heteroatoms. The minimum Gasteiger partial charge on any atom is -0.494 e. The molecular weight excluding hydrogens is 438 g/mol. The molecule has 4 aromatic rings. The number of carbonyl (C=O) groups is 1. The standard InChI is InChI=1S/C27H22ClNO4/c1-2-32-20-10-6-9-18(15-20)24-23-25(30)21-16-19(28)11-12-22(21)33-26(23)27(31)29(24)14-13-17-7-4-3-5-8-17/h3-12,15-16,24H,2,13-14H2,1H3. The maximum Gasteiger partial charge on any atom is 0.290 e. The first-order valence-corrected chi connectivity index (χ1v) is 11.3. The fourth-order valence-corrected chi connectivity index (χ4v) is 4.58. The smallest absolute Gasteiger partial charge is 0.290 e. The molecule has 0 N–H and O–H groups in total. The number of ether oxygens (including phenoxy) is 1. The lowest BCUT2D eigenvalue weighted by Gasteiger charge is -2.25. The van der Waals surface area contributed by atoms with E-state index >= 15 is 0 Å². The normalized spacial score (nSPS) is 15.2. The van der Waals surface area contributed by atoms with Crippen molar-refractivity contribution >= 4 is 28.5 Å². The minimum absolute atomic E-state index is 0.0923. The predicted octanol–water partition coefficient (Wildman–Crippen LogP) is 5.63. The summed E-state index contributed by atoms with van der Waals surface area (Å²) in [7, 11) is 0. The molecule has 0 saturated carbocycles. The van der Waals surface area contributed by atoms with Crippen LogP contribution in [0.4, 0.5) is 0 Å². The van der Waals surface area contributed by atoms with Gasteiger partial charge in [0.05, 0.1) is 23.6 Å². The molecule has 33 heavy (non-hydrogen) atoms. The van der Waals surface area contributed by atoms with Gasteiger partial charge in [0, 0.05) is 11.6 Å². The number of hydrogen-bond donors (Lipinski definition) is 0. The van der Waals surface area contributed by atoms with Crippen molar-refractivity contribution in [2.45, 2.75) is 19.4 Å². The van der Waals surface area contributed by atoms with E-state index in [1.54, 1.807) is 23.1 Å². The Morgan fingerprint density at radius 3 is 2.61 bits per heavy atom. The molecule has 1 aliphatic rings. The second-order valence-corrected chi connectivity index (χ2v) is 8.39. The number of hydrogen-bond acceptors (Lipinski definition) is 4. The van der Waals surface area contributed by atoms with Crippen molar-refractivity contribution in [2.75, 3.05) is 13.2 Å². The number of amides is 1. The number of benzene rings is 3. The second-order valence-electron chi connectivity index (χ2n) is 7.96. The molecule has 0 fully saturated rings. The summed E-state index contributed by atoms with van der Waals surface area (Å²) in [6.07, 6.45) is 0.655. The summed E-state index contributed by atoms with van der Waals surface area (Å²) in [5, 5.41) is 0.805. The van der Waals surface area contributed by atoms with Gasteiger partial charge in [-0.2, -0.15) is 0 Å². The number of halogens is 1. The van der Waals surface area contributed by atoms with E-state index in [1.807, 2.05) is 61.5 Å². The Morgan fingerprint density at radius 1 is 1.00 bits per heavy atom. The second kappa shape index (κ2) is 8.75. The van der Waals surface area contributed by atoms with Crippen molar-refractivity contribution in [3.8, 4) is 5.75 Å². The van der Waals surface area contributed by atoms with E-state index in [9.17, 15) is 9.59 Å². The van der Waals surface area contributed by atoms with Crippen LogP contribution in [0.25, 0.3) is 11.0 Å². The highest BCUT2D eigenvalue weighted by atomic mass is 35.5. The van der Waals surface area contributed by atoms with E-state index in [1.165, 1.54) is 0 Å². The molecule has 1 aliphatic heterocycles. The van der Waals surface area contributed by atoms with Crippen LogP contribution in [0.2, 0.25) is 5.02 Å². The SMILES string of the molecule is CCOc1cccc(C2c3c(oc4ccc(Cl)cc4c3=O)C(=O)N2CCc2ccccc2)c1. The molecule has 0 radical (unpaired) electrons. The van der Waals surface area contributed by atoms with Gasteiger partial charge in [-0.25, -0.2) is 0 Å². The Hall–Kier alpha value is -3.57. The first kappa shape index (κ1) is 21.3.